The van der Waals surface area contributed by atoms with Crippen LogP contribution in [-0.4, -0.2) is 33.6 Å². The van der Waals surface area contributed by atoms with E-state index in [1.807, 2.05) is 23.1 Å². The topological polar surface area (TPSA) is 66.1 Å². The molecule has 2 aromatic carbocycles. The maximum atomic E-state index is 13.3. The molecular formula is C21H21N3O2. The van der Waals surface area contributed by atoms with Crippen LogP contribution >= 0.6 is 0 Å². The summed E-state index contributed by atoms with van der Waals surface area (Å²) in [4.78, 5) is 27.3. The minimum atomic E-state index is -0.271. The van der Waals surface area contributed by atoms with Gasteiger partial charge >= 0.3 is 0 Å². The SMILES string of the molecule is CCCN(C(=O)c1n[nH]c(=O)c2ccccc12)C1Cc2ccccc2C1. The molecule has 0 spiro atoms. The lowest BCUT2D eigenvalue weighted by Gasteiger charge is -2.28. The first-order valence-electron chi connectivity index (χ1n) is 9.04. The van der Waals surface area contributed by atoms with Crippen LogP contribution in [0.1, 0.15) is 35.0 Å². The van der Waals surface area contributed by atoms with E-state index in [2.05, 4.69) is 29.3 Å². The molecule has 0 fully saturated rings. The summed E-state index contributed by atoms with van der Waals surface area (Å²) in [6.45, 7) is 2.74. The maximum absolute atomic E-state index is 13.3. The number of aromatic amines is 1. The summed E-state index contributed by atoms with van der Waals surface area (Å²) in [5.41, 5.74) is 2.67. The molecule has 0 saturated heterocycles. The van der Waals surface area contributed by atoms with Crippen molar-refractivity contribution >= 4 is 16.7 Å². The average molecular weight is 347 g/mol. The van der Waals surface area contributed by atoms with Crippen molar-refractivity contribution in [2.75, 3.05) is 6.54 Å². The van der Waals surface area contributed by atoms with Crippen molar-refractivity contribution in [3.05, 3.63) is 75.7 Å². The number of fused-ring (bicyclic) bond motifs is 2. The van der Waals surface area contributed by atoms with Gasteiger partial charge in [0, 0.05) is 18.0 Å². The highest BCUT2D eigenvalue weighted by atomic mass is 16.2. The third-order valence-electron chi connectivity index (χ3n) is 5.09. The predicted octanol–water partition coefficient (Wildman–Crippen LogP) is 2.94. The molecule has 0 aliphatic heterocycles. The van der Waals surface area contributed by atoms with E-state index < -0.39 is 0 Å². The van der Waals surface area contributed by atoms with Crippen LogP contribution in [0.2, 0.25) is 0 Å². The number of rotatable bonds is 4. The summed E-state index contributed by atoms with van der Waals surface area (Å²) >= 11 is 0. The molecule has 0 atom stereocenters. The lowest BCUT2D eigenvalue weighted by Crippen LogP contribution is -2.42. The molecule has 5 nitrogen and oxygen atoms in total. The van der Waals surface area contributed by atoms with Gasteiger partial charge in [0.1, 0.15) is 0 Å². The van der Waals surface area contributed by atoms with Crippen LogP contribution in [0.4, 0.5) is 0 Å². The third kappa shape index (κ3) is 2.79. The van der Waals surface area contributed by atoms with E-state index in [0.717, 1.165) is 19.3 Å². The number of amides is 1. The number of aromatic nitrogens is 2. The fourth-order valence-electron chi connectivity index (χ4n) is 3.86. The second-order valence-corrected chi connectivity index (χ2v) is 6.78. The molecule has 0 bridgehead atoms. The lowest BCUT2D eigenvalue weighted by atomic mass is 10.1. The van der Waals surface area contributed by atoms with E-state index in [0.29, 0.717) is 23.0 Å². The molecule has 1 aliphatic carbocycles. The molecule has 4 rings (SSSR count). The first kappa shape index (κ1) is 16.5. The zero-order valence-corrected chi connectivity index (χ0v) is 14.7. The van der Waals surface area contributed by atoms with Gasteiger partial charge in [0.25, 0.3) is 11.5 Å². The smallest absolute Gasteiger partial charge is 0.275 e. The maximum Gasteiger partial charge on any atom is 0.275 e. The summed E-state index contributed by atoms with van der Waals surface area (Å²) in [5.74, 6) is -0.114. The summed E-state index contributed by atoms with van der Waals surface area (Å²) in [7, 11) is 0. The Morgan fingerprint density at radius 1 is 1.08 bits per heavy atom. The van der Waals surface area contributed by atoms with E-state index >= 15 is 0 Å². The molecule has 3 aromatic rings. The van der Waals surface area contributed by atoms with Crippen molar-refractivity contribution in [1.82, 2.24) is 15.1 Å². The van der Waals surface area contributed by atoms with Crippen molar-refractivity contribution in [1.29, 1.82) is 0 Å². The normalized spacial score (nSPS) is 13.7. The van der Waals surface area contributed by atoms with Crippen molar-refractivity contribution in [3.63, 3.8) is 0 Å². The minimum absolute atomic E-state index is 0.114. The van der Waals surface area contributed by atoms with Crippen molar-refractivity contribution in [3.8, 4) is 0 Å². The van der Waals surface area contributed by atoms with Crippen LogP contribution in [0.3, 0.4) is 0 Å². The molecule has 26 heavy (non-hydrogen) atoms. The summed E-state index contributed by atoms with van der Waals surface area (Å²) < 4.78 is 0. The second kappa shape index (κ2) is 6.75. The fraction of sp³-hybridized carbons (Fsp3) is 0.286. The predicted molar refractivity (Wildman–Crippen MR) is 101 cm³/mol. The Balaban J connectivity index is 1.72. The number of hydrogen-bond acceptors (Lipinski definition) is 3. The van der Waals surface area contributed by atoms with E-state index in [1.165, 1.54) is 11.1 Å². The first-order chi connectivity index (χ1) is 12.7. The molecule has 132 valence electrons. The molecule has 1 amide bonds. The summed E-state index contributed by atoms with van der Waals surface area (Å²) in [5, 5.41) is 7.68. The zero-order valence-electron chi connectivity index (χ0n) is 14.7. The fourth-order valence-corrected chi connectivity index (χ4v) is 3.86. The Morgan fingerprint density at radius 2 is 1.69 bits per heavy atom. The molecule has 1 N–H and O–H groups in total. The molecule has 1 aromatic heterocycles. The van der Waals surface area contributed by atoms with Gasteiger partial charge in [0.2, 0.25) is 0 Å². The van der Waals surface area contributed by atoms with Crippen LogP contribution in [-0.2, 0) is 12.8 Å². The van der Waals surface area contributed by atoms with Gasteiger partial charge in [-0.2, -0.15) is 5.10 Å². The van der Waals surface area contributed by atoms with E-state index in [4.69, 9.17) is 0 Å². The average Bonchev–Trinajstić information content (AvgIpc) is 3.10. The second-order valence-electron chi connectivity index (χ2n) is 6.78. The Morgan fingerprint density at radius 3 is 2.35 bits per heavy atom. The zero-order chi connectivity index (χ0) is 18.1. The first-order valence-corrected chi connectivity index (χ1v) is 9.04. The third-order valence-corrected chi connectivity index (χ3v) is 5.09. The Hall–Kier alpha value is -2.95. The van der Waals surface area contributed by atoms with Gasteiger partial charge < -0.3 is 4.90 Å². The van der Waals surface area contributed by atoms with Gasteiger partial charge in [-0.1, -0.05) is 49.4 Å². The molecule has 0 unspecified atom stereocenters. The summed E-state index contributed by atoms with van der Waals surface area (Å²) in [6, 6.07) is 15.6. The van der Waals surface area contributed by atoms with Crippen LogP contribution in [0, 0.1) is 0 Å². The Kier molecular flexibility index (Phi) is 4.29. The number of benzene rings is 2. The molecule has 0 radical (unpaired) electrons. The van der Waals surface area contributed by atoms with Gasteiger partial charge in [0.05, 0.1) is 5.39 Å². The minimum Gasteiger partial charge on any atom is -0.334 e. The number of carbonyl (C=O) groups excluding carboxylic acids is 1. The highest BCUT2D eigenvalue weighted by Gasteiger charge is 2.31. The van der Waals surface area contributed by atoms with E-state index in [1.54, 1.807) is 18.2 Å². The highest BCUT2D eigenvalue weighted by Crippen LogP contribution is 2.27. The van der Waals surface area contributed by atoms with Gasteiger partial charge in [-0.3, -0.25) is 9.59 Å². The lowest BCUT2D eigenvalue weighted by molar-refractivity contribution is 0.0679. The van der Waals surface area contributed by atoms with Crippen molar-refractivity contribution < 1.29 is 4.79 Å². The quantitative estimate of drug-likeness (QED) is 0.789. The molecule has 1 heterocycles. The van der Waals surface area contributed by atoms with Gasteiger partial charge in [0.15, 0.2) is 5.69 Å². The summed E-state index contributed by atoms with van der Waals surface area (Å²) in [6.07, 6.45) is 2.60. The molecule has 5 heteroatoms. The van der Waals surface area contributed by atoms with Gasteiger partial charge in [-0.05, 0) is 36.5 Å². The van der Waals surface area contributed by atoms with E-state index in [-0.39, 0.29) is 17.5 Å². The van der Waals surface area contributed by atoms with Gasteiger partial charge in [-0.15, -0.1) is 0 Å². The van der Waals surface area contributed by atoms with Crippen molar-refractivity contribution in [2.45, 2.75) is 32.2 Å². The van der Waals surface area contributed by atoms with Crippen LogP contribution < -0.4 is 5.56 Å². The van der Waals surface area contributed by atoms with Crippen LogP contribution in [0.5, 0.6) is 0 Å². The van der Waals surface area contributed by atoms with Gasteiger partial charge in [-0.25, -0.2) is 5.10 Å². The van der Waals surface area contributed by atoms with E-state index in [9.17, 15) is 9.59 Å². The standard InChI is InChI=1S/C21H21N3O2/c1-2-11-24(16-12-14-7-3-4-8-15(14)13-16)21(26)19-17-9-5-6-10-18(17)20(25)23-22-19/h3-10,16H,2,11-13H2,1H3,(H,23,25). The van der Waals surface area contributed by atoms with Crippen LogP contribution in [0.15, 0.2) is 53.3 Å². The largest absolute Gasteiger partial charge is 0.334 e. The molecule has 0 saturated carbocycles. The van der Waals surface area contributed by atoms with Crippen LogP contribution in [0.25, 0.3) is 10.8 Å². The molecular weight excluding hydrogens is 326 g/mol. The molecule has 1 aliphatic rings. The Labute approximate surface area is 151 Å². The number of hydrogen-bond donors (Lipinski definition) is 1. The highest BCUT2D eigenvalue weighted by molar-refractivity contribution is 6.04. The van der Waals surface area contributed by atoms with Crippen molar-refractivity contribution in [2.24, 2.45) is 0 Å². The number of nitrogens with one attached hydrogen (secondary N) is 1. The number of H-pyrrole nitrogens is 1. The monoisotopic (exact) mass is 347 g/mol. The number of nitrogens with zero attached hydrogens (tertiary/aromatic N) is 2. The Bertz CT molecular complexity index is 1000. The number of carbonyl (C=O) groups is 1.